The molecule has 2 aromatic rings. The molecule has 0 atom stereocenters. The Hall–Kier alpha value is -1.88. The van der Waals surface area contributed by atoms with Crippen LogP contribution in [0.25, 0.3) is 0 Å². The van der Waals surface area contributed by atoms with E-state index in [9.17, 15) is 4.79 Å². The minimum atomic E-state index is -0.872. The summed E-state index contributed by atoms with van der Waals surface area (Å²) >= 11 is 1.71. The summed E-state index contributed by atoms with van der Waals surface area (Å²) in [6.45, 7) is 3.85. The zero-order chi connectivity index (χ0) is 14.8. The monoisotopic (exact) mass is 302 g/mol. The highest BCUT2D eigenvalue weighted by Crippen LogP contribution is 2.30. The van der Waals surface area contributed by atoms with Gasteiger partial charge in [0.25, 0.3) is 0 Å². The number of carbonyl (C=O) groups is 1. The number of carboxylic acids is 1. The van der Waals surface area contributed by atoms with Gasteiger partial charge in [-0.15, -0.1) is 11.3 Å². The second kappa shape index (κ2) is 5.85. The molecule has 0 bridgehead atoms. The van der Waals surface area contributed by atoms with Crippen LogP contribution in [0.5, 0.6) is 0 Å². The molecule has 1 N–H and O–H groups in total. The summed E-state index contributed by atoms with van der Waals surface area (Å²) in [6.07, 6.45) is 3.12. The Balaban J connectivity index is 1.79. The second-order valence-electron chi connectivity index (χ2n) is 5.30. The van der Waals surface area contributed by atoms with Crippen LogP contribution in [0.15, 0.2) is 23.6 Å². The predicted octanol–water partition coefficient (Wildman–Crippen LogP) is 3.36. The lowest BCUT2D eigenvalue weighted by atomic mass is 10.1. The largest absolute Gasteiger partial charge is 0.478 e. The highest BCUT2D eigenvalue weighted by atomic mass is 32.1. The van der Waals surface area contributed by atoms with Gasteiger partial charge in [0.2, 0.25) is 0 Å². The third-order valence-corrected chi connectivity index (χ3v) is 4.70. The van der Waals surface area contributed by atoms with Crippen molar-refractivity contribution < 1.29 is 9.90 Å². The van der Waals surface area contributed by atoms with Gasteiger partial charge >= 0.3 is 5.97 Å². The third-order valence-electron chi connectivity index (χ3n) is 3.74. The topological polar surface area (TPSA) is 53.4 Å². The van der Waals surface area contributed by atoms with Crippen LogP contribution in [-0.4, -0.2) is 22.6 Å². The van der Waals surface area contributed by atoms with Crippen molar-refractivity contribution >= 4 is 23.0 Å². The average Bonchev–Trinajstić information content (AvgIpc) is 3.07. The minimum Gasteiger partial charge on any atom is -0.478 e. The maximum absolute atomic E-state index is 11.1. The van der Waals surface area contributed by atoms with Crippen LogP contribution in [-0.2, 0) is 19.4 Å². The maximum atomic E-state index is 11.1. The molecule has 2 heterocycles. The summed E-state index contributed by atoms with van der Waals surface area (Å²) in [5.74, 6) is -0.872. The van der Waals surface area contributed by atoms with Gasteiger partial charge in [-0.05, 0) is 37.0 Å². The highest BCUT2D eigenvalue weighted by molar-refractivity contribution is 7.09. The van der Waals surface area contributed by atoms with Gasteiger partial charge in [0, 0.05) is 17.6 Å². The molecule has 5 heteroatoms. The van der Waals surface area contributed by atoms with Crippen LogP contribution in [0.4, 0.5) is 5.69 Å². The Bertz CT molecular complexity index is 666. The standard InChI is InChI=1S/C16H18N2O2S/c1-2-3-15-17-13(10-21-15)9-18-7-6-11-4-5-12(16(19)20)8-14(11)18/h4-5,8,10H,2-3,6-7,9H2,1H3,(H,19,20). The molecule has 4 nitrogen and oxygen atoms in total. The number of carboxylic acid groups (broad SMARTS) is 1. The molecule has 0 unspecified atom stereocenters. The molecule has 1 aliphatic rings. The lowest BCUT2D eigenvalue weighted by molar-refractivity contribution is 0.0697. The minimum absolute atomic E-state index is 0.352. The molecule has 3 rings (SSSR count). The molecule has 1 aliphatic heterocycles. The fourth-order valence-electron chi connectivity index (χ4n) is 2.69. The zero-order valence-corrected chi connectivity index (χ0v) is 12.8. The lowest BCUT2D eigenvalue weighted by Gasteiger charge is -2.18. The fraction of sp³-hybridized carbons (Fsp3) is 0.375. The first-order chi connectivity index (χ1) is 10.2. The summed E-state index contributed by atoms with van der Waals surface area (Å²) in [7, 11) is 0. The van der Waals surface area contributed by atoms with E-state index in [0.717, 1.165) is 43.7 Å². The number of aryl methyl sites for hydroxylation is 1. The molecule has 1 aromatic heterocycles. The summed E-state index contributed by atoms with van der Waals surface area (Å²) in [5, 5.41) is 12.4. The number of rotatable bonds is 5. The molecule has 0 radical (unpaired) electrons. The summed E-state index contributed by atoms with van der Waals surface area (Å²) in [5.41, 5.74) is 3.70. The third kappa shape index (κ3) is 2.93. The molecule has 21 heavy (non-hydrogen) atoms. The van der Waals surface area contributed by atoms with Crippen LogP contribution in [0.2, 0.25) is 0 Å². The number of fused-ring (bicyclic) bond motifs is 1. The van der Waals surface area contributed by atoms with Gasteiger partial charge in [-0.3, -0.25) is 0 Å². The maximum Gasteiger partial charge on any atom is 0.335 e. The Morgan fingerprint density at radius 1 is 1.48 bits per heavy atom. The van der Waals surface area contributed by atoms with Gasteiger partial charge < -0.3 is 10.0 Å². The van der Waals surface area contributed by atoms with Crippen molar-refractivity contribution in [2.75, 3.05) is 11.4 Å². The van der Waals surface area contributed by atoms with Gasteiger partial charge in [-0.2, -0.15) is 0 Å². The van der Waals surface area contributed by atoms with Crippen molar-refractivity contribution in [1.29, 1.82) is 0 Å². The molecular weight excluding hydrogens is 284 g/mol. The van der Waals surface area contributed by atoms with E-state index in [0.29, 0.717) is 5.56 Å². The first kappa shape index (κ1) is 14.1. The molecule has 0 fully saturated rings. The van der Waals surface area contributed by atoms with Crippen LogP contribution in [0.3, 0.4) is 0 Å². The molecule has 0 amide bonds. The van der Waals surface area contributed by atoms with E-state index in [1.807, 2.05) is 6.07 Å². The van der Waals surface area contributed by atoms with E-state index in [4.69, 9.17) is 5.11 Å². The molecule has 0 saturated heterocycles. The van der Waals surface area contributed by atoms with Crippen molar-refractivity contribution in [2.24, 2.45) is 0 Å². The number of aromatic nitrogens is 1. The number of aromatic carboxylic acids is 1. The van der Waals surface area contributed by atoms with E-state index in [1.165, 1.54) is 10.6 Å². The van der Waals surface area contributed by atoms with E-state index >= 15 is 0 Å². The highest BCUT2D eigenvalue weighted by Gasteiger charge is 2.21. The van der Waals surface area contributed by atoms with Crippen molar-refractivity contribution in [3.8, 4) is 0 Å². The first-order valence-corrected chi connectivity index (χ1v) is 8.09. The Labute approximate surface area is 128 Å². The molecule has 0 saturated carbocycles. The van der Waals surface area contributed by atoms with Gasteiger partial charge in [-0.1, -0.05) is 13.0 Å². The Morgan fingerprint density at radius 3 is 3.10 bits per heavy atom. The quantitative estimate of drug-likeness (QED) is 0.920. The van der Waals surface area contributed by atoms with E-state index in [2.05, 4.69) is 22.2 Å². The van der Waals surface area contributed by atoms with Gasteiger partial charge in [-0.25, -0.2) is 9.78 Å². The van der Waals surface area contributed by atoms with E-state index in [-0.39, 0.29) is 0 Å². The SMILES string of the molecule is CCCc1nc(CN2CCc3ccc(C(=O)O)cc32)cs1. The molecule has 110 valence electrons. The number of benzene rings is 1. The summed E-state index contributed by atoms with van der Waals surface area (Å²) < 4.78 is 0. The van der Waals surface area contributed by atoms with Crippen molar-refractivity contribution in [3.05, 3.63) is 45.4 Å². The van der Waals surface area contributed by atoms with E-state index in [1.54, 1.807) is 23.5 Å². The van der Waals surface area contributed by atoms with E-state index < -0.39 is 5.97 Å². The van der Waals surface area contributed by atoms with Crippen LogP contribution in [0, 0.1) is 0 Å². The number of hydrogen-bond acceptors (Lipinski definition) is 4. The number of thiazole rings is 1. The Morgan fingerprint density at radius 2 is 2.33 bits per heavy atom. The zero-order valence-electron chi connectivity index (χ0n) is 12.0. The Kier molecular flexibility index (Phi) is 3.92. The molecule has 1 aromatic carbocycles. The fourth-order valence-corrected chi connectivity index (χ4v) is 3.58. The molecular formula is C16H18N2O2S. The molecule has 0 aliphatic carbocycles. The van der Waals surface area contributed by atoms with Crippen molar-refractivity contribution in [3.63, 3.8) is 0 Å². The number of anilines is 1. The molecule has 0 spiro atoms. The van der Waals surface area contributed by atoms with Gasteiger partial charge in [0.15, 0.2) is 0 Å². The lowest BCUT2D eigenvalue weighted by Crippen LogP contribution is -2.20. The normalized spacial score (nSPS) is 13.5. The summed E-state index contributed by atoms with van der Waals surface area (Å²) in [4.78, 5) is 18.0. The number of nitrogens with zero attached hydrogens (tertiary/aromatic N) is 2. The summed E-state index contributed by atoms with van der Waals surface area (Å²) in [6, 6.07) is 5.40. The van der Waals surface area contributed by atoms with Gasteiger partial charge in [0.05, 0.1) is 22.8 Å². The van der Waals surface area contributed by atoms with Crippen molar-refractivity contribution in [1.82, 2.24) is 4.98 Å². The van der Waals surface area contributed by atoms with Crippen LogP contribution < -0.4 is 4.90 Å². The van der Waals surface area contributed by atoms with Crippen LogP contribution in [0.1, 0.15) is 40.0 Å². The second-order valence-corrected chi connectivity index (χ2v) is 6.25. The van der Waals surface area contributed by atoms with Crippen molar-refractivity contribution in [2.45, 2.75) is 32.7 Å². The smallest absolute Gasteiger partial charge is 0.335 e. The van der Waals surface area contributed by atoms with Gasteiger partial charge in [0.1, 0.15) is 0 Å². The first-order valence-electron chi connectivity index (χ1n) is 7.22. The predicted molar refractivity (Wildman–Crippen MR) is 84.3 cm³/mol. The average molecular weight is 302 g/mol. The number of hydrogen-bond donors (Lipinski definition) is 1. The van der Waals surface area contributed by atoms with Crippen LogP contribution >= 0.6 is 11.3 Å².